The molecule has 0 unspecified atom stereocenters. The molecular formula is C16H15NO2. The van der Waals surface area contributed by atoms with Gasteiger partial charge in [-0.15, -0.1) is 0 Å². The largest absolute Gasteiger partial charge is 0.494 e. The van der Waals surface area contributed by atoms with Crippen molar-refractivity contribution in [2.24, 2.45) is 0 Å². The maximum absolute atomic E-state index is 9.11. The lowest BCUT2D eigenvalue weighted by Gasteiger charge is -2.11. The molecule has 2 aromatic rings. The van der Waals surface area contributed by atoms with Gasteiger partial charge in [-0.1, -0.05) is 18.2 Å². The van der Waals surface area contributed by atoms with Gasteiger partial charge in [0.1, 0.15) is 23.3 Å². The lowest BCUT2D eigenvalue weighted by Crippen LogP contribution is -1.94. The summed E-state index contributed by atoms with van der Waals surface area (Å²) in [5.74, 6) is 2.02. The van der Waals surface area contributed by atoms with Crippen LogP contribution in [0, 0.1) is 18.3 Å². The van der Waals surface area contributed by atoms with E-state index in [1.54, 1.807) is 6.07 Å². The number of para-hydroxylation sites is 1. The molecule has 0 amide bonds. The molecule has 0 saturated carbocycles. The molecule has 2 rings (SSSR count). The van der Waals surface area contributed by atoms with Gasteiger partial charge in [-0.05, 0) is 37.6 Å². The quantitative estimate of drug-likeness (QED) is 0.825. The number of nitriles is 1. The molecule has 0 heterocycles. The molecule has 0 bridgehead atoms. The van der Waals surface area contributed by atoms with Crippen LogP contribution in [0.25, 0.3) is 0 Å². The van der Waals surface area contributed by atoms with Crippen LogP contribution in [0.2, 0.25) is 0 Å². The number of hydrogen-bond donors (Lipinski definition) is 0. The van der Waals surface area contributed by atoms with E-state index >= 15 is 0 Å². The summed E-state index contributed by atoms with van der Waals surface area (Å²) in [5.41, 5.74) is 1.46. The van der Waals surface area contributed by atoms with E-state index in [1.807, 2.05) is 50.2 Å². The van der Waals surface area contributed by atoms with Gasteiger partial charge in [0, 0.05) is 6.07 Å². The molecule has 0 radical (unpaired) electrons. The first-order valence-corrected chi connectivity index (χ1v) is 6.15. The molecule has 3 heteroatoms. The summed E-state index contributed by atoms with van der Waals surface area (Å²) in [7, 11) is 0. The Hall–Kier alpha value is -2.47. The van der Waals surface area contributed by atoms with E-state index in [0.29, 0.717) is 23.7 Å². The summed E-state index contributed by atoms with van der Waals surface area (Å²) in [6.07, 6.45) is 0. The molecule has 0 aliphatic heterocycles. The first kappa shape index (κ1) is 13.0. The topological polar surface area (TPSA) is 42.2 Å². The summed E-state index contributed by atoms with van der Waals surface area (Å²) in [5, 5.41) is 9.11. The summed E-state index contributed by atoms with van der Waals surface area (Å²) < 4.78 is 11.2. The molecular weight excluding hydrogens is 238 g/mol. The Morgan fingerprint density at radius 1 is 1.11 bits per heavy atom. The van der Waals surface area contributed by atoms with E-state index < -0.39 is 0 Å². The van der Waals surface area contributed by atoms with Gasteiger partial charge in [0.05, 0.1) is 12.2 Å². The van der Waals surface area contributed by atoms with Crippen molar-refractivity contribution in [2.45, 2.75) is 13.8 Å². The van der Waals surface area contributed by atoms with Crippen molar-refractivity contribution in [3.8, 4) is 23.3 Å². The van der Waals surface area contributed by atoms with Crippen LogP contribution >= 0.6 is 0 Å². The maximum atomic E-state index is 9.11. The Morgan fingerprint density at radius 2 is 1.84 bits per heavy atom. The molecule has 0 atom stereocenters. The first-order chi connectivity index (χ1) is 9.24. The predicted octanol–water partition coefficient (Wildman–Crippen LogP) is 4.06. The maximum Gasteiger partial charge on any atom is 0.148 e. The van der Waals surface area contributed by atoms with E-state index in [4.69, 9.17) is 14.7 Å². The highest BCUT2D eigenvalue weighted by atomic mass is 16.5. The first-order valence-electron chi connectivity index (χ1n) is 6.15. The van der Waals surface area contributed by atoms with Gasteiger partial charge in [0.15, 0.2) is 0 Å². The average molecular weight is 253 g/mol. The minimum Gasteiger partial charge on any atom is -0.494 e. The Balaban J connectivity index is 2.31. The molecule has 0 aliphatic carbocycles. The van der Waals surface area contributed by atoms with Crippen LogP contribution < -0.4 is 9.47 Å². The highest BCUT2D eigenvalue weighted by Gasteiger charge is 2.08. The Bertz CT molecular complexity index is 614. The number of nitrogens with zero attached hydrogens (tertiary/aromatic N) is 1. The fourth-order valence-corrected chi connectivity index (χ4v) is 1.79. The molecule has 0 fully saturated rings. The van der Waals surface area contributed by atoms with Gasteiger partial charge in [0.25, 0.3) is 0 Å². The van der Waals surface area contributed by atoms with Crippen LogP contribution in [0.3, 0.4) is 0 Å². The molecule has 96 valence electrons. The van der Waals surface area contributed by atoms with Gasteiger partial charge in [-0.2, -0.15) is 5.26 Å². The Labute approximate surface area is 113 Å². The van der Waals surface area contributed by atoms with Gasteiger partial charge < -0.3 is 9.47 Å². The molecule has 0 aromatic heterocycles. The second-order valence-electron chi connectivity index (χ2n) is 4.07. The summed E-state index contributed by atoms with van der Waals surface area (Å²) >= 11 is 0. The van der Waals surface area contributed by atoms with E-state index in [1.165, 1.54) is 0 Å². The third-order valence-corrected chi connectivity index (χ3v) is 2.67. The number of hydrogen-bond acceptors (Lipinski definition) is 3. The molecule has 0 saturated heterocycles. The third kappa shape index (κ3) is 3.05. The lowest BCUT2D eigenvalue weighted by atomic mass is 10.1. The van der Waals surface area contributed by atoms with Gasteiger partial charge in [-0.3, -0.25) is 0 Å². The number of rotatable bonds is 4. The minimum absolute atomic E-state index is 0.529. The van der Waals surface area contributed by atoms with Crippen molar-refractivity contribution in [2.75, 3.05) is 6.61 Å². The molecule has 0 spiro atoms. The van der Waals surface area contributed by atoms with Crippen LogP contribution in [0.15, 0.2) is 42.5 Å². The summed E-state index contributed by atoms with van der Waals surface area (Å²) in [6.45, 7) is 4.46. The zero-order valence-electron chi connectivity index (χ0n) is 11.0. The smallest absolute Gasteiger partial charge is 0.148 e. The van der Waals surface area contributed by atoms with Gasteiger partial charge in [0.2, 0.25) is 0 Å². The van der Waals surface area contributed by atoms with Crippen molar-refractivity contribution >= 4 is 0 Å². The van der Waals surface area contributed by atoms with Crippen LogP contribution in [-0.2, 0) is 0 Å². The lowest BCUT2D eigenvalue weighted by molar-refractivity contribution is 0.338. The zero-order valence-corrected chi connectivity index (χ0v) is 11.0. The SMILES string of the molecule is CCOc1cccc(Oc2c(C)cccc2C#N)c1. The summed E-state index contributed by atoms with van der Waals surface area (Å²) in [4.78, 5) is 0. The van der Waals surface area contributed by atoms with Crippen LogP contribution in [0.1, 0.15) is 18.1 Å². The van der Waals surface area contributed by atoms with E-state index in [0.717, 1.165) is 11.3 Å². The molecule has 0 aliphatic rings. The highest BCUT2D eigenvalue weighted by molar-refractivity contribution is 5.50. The predicted molar refractivity (Wildman–Crippen MR) is 73.6 cm³/mol. The van der Waals surface area contributed by atoms with Crippen LogP contribution in [-0.4, -0.2) is 6.61 Å². The molecule has 3 nitrogen and oxygen atoms in total. The van der Waals surface area contributed by atoms with Crippen LogP contribution in [0.4, 0.5) is 0 Å². The normalized spacial score (nSPS) is 9.74. The van der Waals surface area contributed by atoms with Crippen molar-refractivity contribution in [1.29, 1.82) is 5.26 Å². The third-order valence-electron chi connectivity index (χ3n) is 2.67. The molecule has 2 aromatic carbocycles. The molecule has 0 N–H and O–H groups in total. The summed E-state index contributed by atoms with van der Waals surface area (Å²) in [6, 6.07) is 15.0. The van der Waals surface area contributed by atoms with Gasteiger partial charge in [-0.25, -0.2) is 0 Å². The monoisotopic (exact) mass is 253 g/mol. The van der Waals surface area contributed by atoms with Gasteiger partial charge >= 0.3 is 0 Å². The Kier molecular flexibility index (Phi) is 4.04. The van der Waals surface area contributed by atoms with Crippen molar-refractivity contribution in [1.82, 2.24) is 0 Å². The van der Waals surface area contributed by atoms with Crippen LogP contribution in [0.5, 0.6) is 17.2 Å². The number of aryl methyl sites for hydroxylation is 1. The number of benzene rings is 2. The number of ether oxygens (including phenoxy) is 2. The average Bonchev–Trinajstić information content (AvgIpc) is 2.42. The molecule has 19 heavy (non-hydrogen) atoms. The fraction of sp³-hybridized carbons (Fsp3) is 0.188. The fourth-order valence-electron chi connectivity index (χ4n) is 1.79. The minimum atomic E-state index is 0.529. The van der Waals surface area contributed by atoms with Crippen molar-refractivity contribution < 1.29 is 9.47 Å². The van der Waals surface area contributed by atoms with Crippen molar-refractivity contribution in [3.63, 3.8) is 0 Å². The second kappa shape index (κ2) is 5.92. The van der Waals surface area contributed by atoms with E-state index in [2.05, 4.69) is 6.07 Å². The zero-order chi connectivity index (χ0) is 13.7. The second-order valence-corrected chi connectivity index (χ2v) is 4.07. The van der Waals surface area contributed by atoms with E-state index in [-0.39, 0.29) is 0 Å². The van der Waals surface area contributed by atoms with E-state index in [9.17, 15) is 0 Å². The Morgan fingerprint density at radius 3 is 2.58 bits per heavy atom. The highest BCUT2D eigenvalue weighted by Crippen LogP contribution is 2.30. The standard InChI is InChI=1S/C16H15NO2/c1-3-18-14-8-5-9-15(10-14)19-16-12(2)6-4-7-13(16)11-17/h4-10H,3H2,1-2H3. The van der Waals surface area contributed by atoms with Crippen molar-refractivity contribution in [3.05, 3.63) is 53.6 Å².